The summed E-state index contributed by atoms with van der Waals surface area (Å²) >= 11 is 0. The zero-order valence-electron chi connectivity index (χ0n) is 35.4. The average Bonchev–Trinajstić information content (AvgIpc) is 3.27. The predicted molar refractivity (Wildman–Crippen MR) is 211 cm³/mol. The maximum atomic E-state index is 13.6. The fraction of sp³-hybridized carbons (Fsp3) is 0.675. The summed E-state index contributed by atoms with van der Waals surface area (Å²) in [5.74, 6) is -14.2. The molecular weight excluding hydrogens is 879 g/mol. The number of esters is 1. The molecule has 63 heavy (non-hydrogen) atoms. The first-order chi connectivity index (χ1) is 30.5. The van der Waals surface area contributed by atoms with E-state index in [0.29, 0.717) is 126 Å². The van der Waals surface area contributed by atoms with Gasteiger partial charge in [0.1, 0.15) is 0 Å². The molecule has 0 spiro atoms. The van der Waals surface area contributed by atoms with Crippen LogP contribution in [-0.2, 0) is 75.9 Å². The molecule has 0 atom stereocenters. The smallest absolute Gasteiger partial charge is 0.313 e. The lowest BCUT2D eigenvalue weighted by atomic mass is 10.2. The number of halogens is 5. The zero-order valence-corrected chi connectivity index (χ0v) is 36.2. The van der Waals surface area contributed by atoms with Crippen LogP contribution in [0.15, 0.2) is 29.2 Å². The molecule has 0 unspecified atom stereocenters. The van der Waals surface area contributed by atoms with Crippen LogP contribution in [0.2, 0.25) is 0 Å². The number of aryl methyl sites for hydroxylation is 1. The summed E-state index contributed by atoms with van der Waals surface area (Å²) < 4.78 is 165. The molecule has 0 heterocycles. The van der Waals surface area contributed by atoms with Crippen molar-refractivity contribution in [3.63, 3.8) is 0 Å². The molecule has 0 aliphatic carbocycles. The Balaban J connectivity index is 1.19. The molecule has 0 aliphatic rings. The predicted octanol–water partition coefficient (Wildman–Crippen LogP) is 3.59. The molecule has 362 valence electrons. The van der Waals surface area contributed by atoms with Crippen molar-refractivity contribution >= 4 is 16.1 Å². The van der Waals surface area contributed by atoms with Gasteiger partial charge in [0.25, 0.3) is 10.1 Å². The number of rotatable bonds is 42. The Morgan fingerprint density at radius 3 is 0.952 bits per heavy atom. The minimum Gasteiger partial charge on any atom is -0.420 e. The van der Waals surface area contributed by atoms with Crippen LogP contribution in [0.3, 0.4) is 0 Å². The number of carbonyl (C=O) groups is 1. The number of hydrogen-bond acceptors (Lipinski definition) is 17. The second-order valence-electron chi connectivity index (χ2n) is 12.6. The highest BCUT2D eigenvalue weighted by Crippen LogP contribution is 2.29. The Bertz CT molecular complexity index is 1570. The molecule has 2 aromatic carbocycles. The van der Waals surface area contributed by atoms with E-state index < -0.39 is 57.3 Å². The number of benzene rings is 2. The molecule has 0 aromatic heterocycles. The highest BCUT2D eigenvalue weighted by atomic mass is 32.2. The van der Waals surface area contributed by atoms with E-state index in [-0.39, 0.29) is 44.5 Å². The average molecular weight is 939 g/mol. The second-order valence-corrected chi connectivity index (χ2v) is 14.2. The highest BCUT2D eigenvalue weighted by molar-refractivity contribution is 7.86. The molecule has 23 heteroatoms. The van der Waals surface area contributed by atoms with E-state index in [1.54, 1.807) is 12.1 Å². The zero-order chi connectivity index (χ0) is 45.8. The molecule has 0 radical (unpaired) electrons. The Morgan fingerprint density at radius 1 is 0.397 bits per heavy atom. The van der Waals surface area contributed by atoms with Gasteiger partial charge in [0.2, 0.25) is 34.8 Å². The van der Waals surface area contributed by atoms with Gasteiger partial charge in [-0.2, -0.15) is 17.2 Å². The van der Waals surface area contributed by atoms with E-state index >= 15 is 0 Å². The molecule has 0 saturated carbocycles. The summed E-state index contributed by atoms with van der Waals surface area (Å²) in [7, 11) is -3.80. The number of carbonyl (C=O) groups excluding carboxylic acids is 1. The fourth-order valence-corrected chi connectivity index (χ4v) is 5.38. The van der Waals surface area contributed by atoms with Gasteiger partial charge in [-0.25, -0.2) is 13.2 Å². The first-order valence-electron chi connectivity index (χ1n) is 20.2. The highest BCUT2D eigenvalue weighted by Gasteiger charge is 2.28. The first-order valence-corrected chi connectivity index (χ1v) is 21.6. The summed E-state index contributed by atoms with van der Waals surface area (Å²) in [5, 5.41) is 0. The van der Waals surface area contributed by atoms with Crippen LogP contribution in [-0.4, -0.2) is 180 Å². The van der Waals surface area contributed by atoms with Gasteiger partial charge in [0, 0.05) is 0 Å². The SMILES string of the molecule is Cc1ccc(S(=O)(=O)OCCOCCOCCOCCOCCOCCOCCOCCOCCOCCOCCOCCOCCC(=O)Oc2c(F)c(F)c(F)c(F)c2F)cc1. The van der Waals surface area contributed by atoms with Crippen molar-refractivity contribution in [1.29, 1.82) is 0 Å². The van der Waals surface area contributed by atoms with Crippen LogP contribution in [0, 0.1) is 36.0 Å². The van der Waals surface area contributed by atoms with Crippen LogP contribution < -0.4 is 4.74 Å². The van der Waals surface area contributed by atoms with Crippen LogP contribution in [0.5, 0.6) is 5.75 Å². The monoisotopic (exact) mass is 938 g/mol. The van der Waals surface area contributed by atoms with E-state index in [1.165, 1.54) is 12.1 Å². The van der Waals surface area contributed by atoms with Crippen molar-refractivity contribution in [3.8, 4) is 5.75 Å². The maximum Gasteiger partial charge on any atom is 0.313 e. The van der Waals surface area contributed by atoms with Gasteiger partial charge in [0.15, 0.2) is 0 Å². The van der Waals surface area contributed by atoms with Gasteiger partial charge in [-0.1, -0.05) is 17.7 Å². The lowest BCUT2D eigenvalue weighted by molar-refractivity contribution is -0.136. The van der Waals surface area contributed by atoms with Crippen LogP contribution in [0.25, 0.3) is 0 Å². The summed E-state index contributed by atoms with van der Waals surface area (Å²) in [6.45, 7) is 9.62. The quantitative estimate of drug-likeness (QED) is 0.0179. The van der Waals surface area contributed by atoms with Crippen LogP contribution in [0.1, 0.15) is 12.0 Å². The van der Waals surface area contributed by atoms with Crippen molar-refractivity contribution in [2.24, 2.45) is 0 Å². The molecule has 0 amide bonds. The number of ether oxygens (including phenoxy) is 13. The fourth-order valence-electron chi connectivity index (χ4n) is 4.49. The Labute approximate surface area is 364 Å². The summed E-state index contributed by atoms with van der Waals surface area (Å²) in [6.07, 6.45) is -0.496. The molecule has 0 bridgehead atoms. The van der Waals surface area contributed by atoms with E-state index in [2.05, 4.69) is 4.74 Å². The Morgan fingerprint density at radius 2 is 0.651 bits per heavy atom. The molecule has 0 saturated heterocycles. The maximum absolute atomic E-state index is 13.6. The summed E-state index contributed by atoms with van der Waals surface area (Å²) in [6, 6.07) is 6.42. The molecule has 17 nitrogen and oxygen atoms in total. The molecule has 0 N–H and O–H groups in total. The van der Waals surface area contributed by atoms with E-state index in [1.807, 2.05) is 6.92 Å². The molecule has 0 aliphatic heterocycles. The van der Waals surface area contributed by atoms with Crippen LogP contribution >= 0.6 is 0 Å². The van der Waals surface area contributed by atoms with Gasteiger partial charge < -0.3 is 61.6 Å². The van der Waals surface area contributed by atoms with Crippen molar-refractivity contribution < 1.29 is 101 Å². The van der Waals surface area contributed by atoms with Crippen molar-refractivity contribution in [1.82, 2.24) is 0 Å². The van der Waals surface area contributed by atoms with Gasteiger partial charge in [-0.15, -0.1) is 0 Å². The van der Waals surface area contributed by atoms with E-state index in [0.717, 1.165) is 5.56 Å². The molecule has 2 aromatic rings. The van der Waals surface area contributed by atoms with Gasteiger partial charge in [-0.05, 0) is 19.1 Å². The minimum atomic E-state index is -3.80. The van der Waals surface area contributed by atoms with Crippen molar-refractivity contribution in [2.45, 2.75) is 18.2 Å². The molecular formula is C40H59F5O17S. The lowest BCUT2D eigenvalue weighted by Crippen LogP contribution is -2.16. The topological polar surface area (TPSA) is 180 Å². The summed E-state index contributed by atoms with van der Waals surface area (Å²) in [5.41, 5.74) is 0.959. The van der Waals surface area contributed by atoms with Crippen molar-refractivity contribution in [3.05, 3.63) is 58.9 Å². The lowest BCUT2D eigenvalue weighted by Gasteiger charge is -2.09. The van der Waals surface area contributed by atoms with Gasteiger partial charge >= 0.3 is 5.97 Å². The molecule has 0 fully saturated rings. The van der Waals surface area contributed by atoms with Crippen molar-refractivity contribution in [2.75, 3.05) is 165 Å². The summed E-state index contributed by atoms with van der Waals surface area (Å²) in [4.78, 5) is 11.8. The number of hydrogen-bond donors (Lipinski definition) is 0. The minimum absolute atomic E-state index is 0.0697. The normalized spacial score (nSPS) is 11.8. The van der Waals surface area contributed by atoms with Gasteiger partial charge in [0.05, 0.1) is 176 Å². The molecule has 2 rings (SSSR count). The van der Waals surface area contributed by atoms with E-state index in [9.17, 15) is 35.2 Å². The second kappa shape index (κ2) is 36.2. The van der Waals surface area contributed by atoms with Gasteiger partial charge in [-0.3, -0.25) is 8.98 Å². The standard InChI is InChI=1S/C40H59F5O17S/c1-32-2-4-33(5-3-32)63(47,48)61-31-30-60-29-28-59-27-26-58-25-24-57-23-22-56-21-20-55-19-18-54-17-16-53-15-14-52-13-12-51-11-10-50-9-8-49-7-6-34(46)62-40-38(44)36(42)35(41)37(43)39(40)45/h2-5H,6-31H2,1H3. The third-order valence-corrected chi connectivity index (χ3v) is 9.03. The van der Waals surface area contributed by atoms with Crippen LogP contribution in [0.4, 0.5) is 22.0 Å². The Kier molecular flexibility index (Phi) is 32.3. The Hall–Kier alpha value is -3.01. The first kappa shape index (κ1) is 56.1. The largest absolute Gasteiger partial charge is 0.420 e. The third-order valence-electron chi connectivity index (χ3n) is 7.70. The third kappa shape index (κ3) is 27.2. The van der Waals surface area contributed by atoms with E-state index in [4.69, 9.17) is 61.0 Å².